The Kier molecular flexibility index (Phi) is 17.2. The molecule has 2 unspecified atom stereocenters. The van der Waals surface area contributed by atoms with E-state index in [9.17, 15) is 17.8 Å². The van der Waals surface area contributed by atoms with Gasteiger partial charge in [-0.1, -0.05) is 58.3 Å². The maximum Gasteiger partial charge on any atom is 1.00 e. The van der Waals surface area contributed by atoms with E-state index >= 15 is 0 Å². The van der Waals surface area contributed by atoms with Gasteiger partial charge >= 0.3 is 29.6 Å². The van der Waals surface area contributed by atoms with Crippen LogP contribution >= 0.6 is 0 Å². The number of hydrogen-bond donors (Lipinski definition) is 3. The average Bonchev–Trinajstić information content (AvgIpc) is 2.49. The van der Waals surface area contributed by atoms with Crippen molar-refractivity contribution in [2.24, 2.45) is 0 Å². The van der Waals surface area contributed by atoms with Crippen molar-refractivity contribution in [3.8, 4) is 0 Å². The van der Waals surface area contributed by atoms with Crippen molar-refractivity contribution in [3.05, 3.63) is 0 Å². The first-order valence-corrected chi connectivity index (χ1v) is 9.81. The number of rotatable bonds is 14. The summed E-state index contributed by atoms with van der Waals surface area (Å²) in [6.07, 6.45) is 6.88. The zero-order chi connectivity index (χ0) is 17.7. The van der Waals surface area contributed by atoms with Gasteiger partial charge in [0.05, 0.1) is 12.7 Å². The van der Waals surface area contributed by atoms with Crippen molar-refractivity contribution >= 4 is 16.0 Å². The maximum atomic E-state index is 11.8. The summed E-state index contributed by atoms with van der Waals surface area (Å²) in [5, 5.41) is 18.3. The fraction of sp³-hybridized carbons (Fsp3) is 0.933. The topological polar surface area (TPSA) is 127 Å². The summed E-state index contributed by atoms with van der Waals surface area (Å²) in [6, 6.07) is 0. The number of amides is 1. The van der Waals surface area contributed by atoms with Gasteiger partial charge in [0.2, 0.25) is 5.91 Å². The molecule has 0 radical (unpaired) electrons. The number of aliphatic hydroxyl groups excluding tert-OH is 2. The molecule has 0 aliphatic rings. The Morgan fingerprint density at radius 2 is 1.58 bits per heavy atom. The van der Waals surface area contributed by atoms with E-state index in [-0.39, 0.29) is 42.5 Å². The third kappa shape index (κ3) is 13.6. The molecular formula is C15H30NNaO6S. The molecular weight excluding hydrogens is 345 g/mol. The molecule has 24 heavy (non-hydrogen) atoms. The fourth-order valence-electron chi connectivity index (χ4n) is 2.27. The second kappa shape index (κ2) is 15.5. The van der Waals surface area contributed by atoms with Crippen LogP contribution in [0, 0.1) is 0 Å². The molecule has 0 aliphatic carbocycles. The van der Waals surface area contributed by atoms with Gasteiger partial charge in [-0.2, -0.15) is 0 Å². The largest absolute Gasteiger partial charge is 1.00 e. The Morgan fingerprint density at radius 3 is 2.04 bits per heavy atom. The second-order valence-corrected chi connectivity index (χ2v) is 7.38. The first kappa shape index (κ1) is 26.5. The predicted molar refractivity (Wildman–Crippen MR) is 86.8 cm³/mol. The molecule has 0 fully saturated rings. The van der Waals surface area contributed by atoms with Crippen molar-refractivity contribution in [2.75, 3.05) is 13.2 Å². The van der Waals surface area contributed by atoms with E-state index in [1.165, 1.54) is 19.3 Å². The van der Waals surface area contributed by atoms with E-state index in [0.717, 1.165) is 25.7 Å². The van der Waals surface area contributed by atoms with E-state index in [1.54, 1.807) is 0 Å². The van der Waals surface area contributed by atoms with Crippen LogP contribution in [0.2, 0.25) is 0 Å². The Labute approximate surface area is 167 Å². The standard InChI is InChI=1S/C15H31NO6S.Na/c1-2-3-4-5-6-7-8-9-10-14(23(20,21)22)15(19)16-11-13(18)12-17;/h13-14,17-18H,2-12H2,1H3,(H,16,19)(H,20,21,22);/q;+1/p-1. The minimum Gasteiger partial charge on any atom is -0.747 e. The fourth-order valence-corrected chi connectivity index (χ4v) is 3.07. The van der Waals surface area contributed by atoms with Gasteiger partial charge in [-0.3, -0.25) is 4.79 Å². The van der Waals surface area contributed by atoms with Crippen molar-refractivity contribution in [1.29, 1.82) is 0 Å². The molecule has 0 aromatic heterocycles. The van der Waals surface area contributed by atoms with Crippen LogP contribution in [0.1, 0.15) is 64.7 Å². The number of hydrogen-bond acceptors (Lipinski definition) is 6. The molecule has 1 amide bonds. The maximum absolute atomic E-state index is 11.8. The van der Waals surface area contributed by atoms with E-state index < -0.39 is 34.0 Å². The molecule has 2 atom stereocenters. The number of carbonyl (C=O) groups is 1. The molecule has 9 heteroatoms. The van der Waals surface area contributed by atoms with E-state index in [4.69, 9.17) is 10.2 Å². The van der Waals surface area contributed by atoms with Crippen LogP contribution in [0.25, 0.3) is 0 Å². The van der Waals surface area contributed by atoms with Gasteiger partial charge in [0.1, 0.15) is 15.4 Å². The minimum absolute atomic E-state index is 0. The van der Waals surface area contributed by atoms with Crippen molar-refractivity contribution in [1.82, 2.24) is 5.32 Å². The molecule has 0 aromatic carbocycles. The van der Waals surface area contributed by atoms with Gasteiger partial charge in [0.15, 0.2) is 0 Å². The van der Waals surface area contributed by atoms with Gasteiger partial charge in [-0.05, 0) is 6.42 Å². The van der Waals surface area contributed by atoms with Gasteiger partial charge < -0.3 is 20.1 Å². The number of carbonyl (C=O) groups excluding carboxylic acids is 1. The molecule has 0 saturated heterocycles. The van der Waals surface area contributed by atoms with Crippen molar-refractivity contribution in [2.45, 2.75) is 76.1 Å². The number of aliphatic hydroxyl groups is 2. The molecule has 0 rings (SSSR count). The molecule has 138 valence electrons. The molecule has 0 saturated carbocycles. The molecule has 0 bridgehead atoms. The van der Waals surface area contributed by atoms with E-state index in [1.807, 2.05) is 0 Å². The third-order valence-electron chi connectivity index (χ3n) is 3.68. The van der Waals surface area contributed by atoms with Crippen molar-refractivity contribution < 1.29 is 57.5 Å². The van der Waals surface area contributed by atoms with E-state index in [2.05, 4.69) is 12.2 Å². The molecule has 0 spiro atoms. The van der Waals surface area contributed by atoms with Crippen LogP contribution in [0.15, 0.2) is 0 Å². The van der Waals surface area contributed by atoms with E-state index in [0.29, 0.717) is 6.42 Å². The van der Waals surface area contributed by atoms with Crippen LogP contribution in [0.3, 0.4) is 0 Å². The van der Waals surface area contributed by atoms with Crippen LogP contribution < -0.4 is 34.9 Å². The van der Waals surface area contributed by atoms with Gasteiger partial charge in [0.25, 0.3) is 0 Å². The van der Waals surface area contributed by atoms with Crippen LogP contribution in [0.5, 0.6) is 0 Å². The quantitative estimate of drug-likeness (QED) is 0.181. The third-order valence-corrected chi connectivity index (χ3v) is 4.83. The summed E-state index contributed by atoms with van der Waals surface area (Å²) in [7, 11) is -4.73. The average molecular weight is 375 g/mol. The molecule has 3 N–H and O–H groups in total. The molecule has 0 aliphatic heterocycles. The van der Waals surface area contributed by atoms with Gasteiger partial charge in [0, 0.05) is 6.54 Å². The first-order chi connectivity index (χ1) is 10.8. The summed E-state index contributed by atoms with van der Waals surface area (Å²) >= 11 is 0. The smallest absolute Gasteiger partial charge is 0.747 e. The summed E-state index contributed by atoms with van der Waals surface area (Å²) < 4.78 is 33.6. The minimum atomic E-state index is -4.73. The Balaban J connectivity index is 0. The monoisotopic (exact) mass is 375 g/mol. The predicted octanol–water partition coefficient (Wildman–Crippen LogP) is -2.10. The summed E-state index contributed by atoms with van der Waals surface area (Å²) in [5.41, 5.74) is 0. The normalized spacial score (nSPS) is 13.8. The second-order valence-electron chi connectivity index (χ2n) is 5.83. The molecule has 0 heterocycles. The van der Waals surface area contributed by atoms with Crippen LogP contribution in [-0.4, -0.2) is 53.6 Å². The number of nitrogens with one attached hydrogen (secondary N) is 1. The Bertz CT molecular complexity index is 418. The van der Waals surface area contributed by atoms with Crippen LogP contribution in [-0.2, 0) is 14.9 Å². The number of unbranched alkanes of at least 4 members (excludes halogenated alkanes) is 7. The molecule has 0 aromatic rings. The van der Waals surface area contributed by atoms with Gasteiger partial charge in [-0.15, -0.1) is 0 Å². The van der Waals surface area contributed by atoms with Crippen LogP contribution in [0.4, 0.5) is 0 Å². The zero-order valence-corrected chi connectivity index (χ0v) is 17.7. The van der Waals surface area contributed by atoms with Crippen molar-refractivity contribution in [3.63, 3.8) is 0 Å². The van der Waals surface area contributed by atoms with Gasteiger partial charge in [-0.25, -0.2) is 8.42 Å². The summed E-state index contributed by atoms with van der Waals surface area (Å²) in [5.74, 6) is -0.907. The SMILES string of the molecule is CCCCCCCCCCC(C(=O)NCC(O)CO)S(=O)(=O)[O-].[Na+]. The molecule has 7 nitrogen and oxygen atoms in total. The zero-order valence-electron chi connectivity index (χ0n) is 14.9. The summed E-state index contributed by atoms with van der Waals surface area (Å²) in [4.78, 5) is 11.8. The first-order valence-electron chi connectivity index (χ1n) is 8.34. The summed E-state index contributed by atoms with van der Waals surface area (Å²) in [6.45, 7) is 1.32. The Hall–Kier alpha value is 0.300. The Morgan fingerprint density at radius 1 is 1.08 bits per heavy atom.